The molecular formula is C26H27FN6O2. The lowest BCUT2D eigenvalue weighted by Crippen LogP contribution is -2.38. The van der Waals surface area contributed by atoms with Gasteiger partial charge in [0.15, 0.2) is 0 Å². The molecule has 4 heterocycles. The van der Waals surface area contributed by atoms with Gasteiger partial charge in [0.05, 0.1) is 17.3 Å². The van der Waals surface area contributed by atoms with Crippen molar-refractivity contribution in [3.8, 4) is 0 Å². The number of nitrogens with zero attached hydrogens (tertiary/aromatic N) is 4. The molecule has 2 N–H and O–H groups in total. The first-order chi connectivity index (χ1) is 17.1. The molecule has 0 bridgehead atoms. The fourth-order valence-corrected chi connectivity index (χ4v) is 5.50. The fourth-order valence-electron chi connectivity index (χ4n) is 5.50. The Labute approximate surface area is 201 Å². The number of pyridine rings is 1. The standard InChI is InChI=1S/C26H27FN6O2/c27-17-9-11-32(15-17)19-10-12-33-22(14-28-23(33)13-19)26(35)29-18-7-5-16(6-8-18)24-20-3-1-2-4-21(20)25(34)31-30-24/h1-4,10,12-14,16-18H,5-9,11,15H2,(H,29,35)(H,31,34)/t16-,17-,18-/m1/s1. The second-order valence-corrected chi connectivity index (χ2v) is 9.59. The second kappa shape index (κ2) is 8.79. The molecule has 180 valence electrons. The number of carbonyl (C=O) groups is 1. The van der Waals surface area contributed by atoms with Gasteiger partial charge in [0.2, 0.25) is 0 Å². The molecule has 1 atom stereocenters. The van der Waals surface area contributed by atoms with Crippen LogP contribution < -0.4 is 15.8 Å². The van der Waals surface area contributed by atoms with E-state index in [0.29, 0.717) is 36.2 Å². The molecule has 1 aliphatic carbocycles. The Morgan fingerprint density at radius 3 is 2.66 bits per heavy atom. The van der Waals surface area contributed by atoms with E-state index in [1.807, 2.05) is 47.5 Å². The van der Waals surface area contributed by atoms with Crippen LogP contribution in [0.4, 0.5) is 10.1 Å². The first kappa shape index (κ1) is 21.8. The van der Waals surface area contributed by atoms with E-state index in [4.69, 9.17) is 0 Å². The zero-order valence-electron chi connectivity index (χ0n) is 19.3. The Hall–Kier alpha value is -3.75. The molecule has 2 fully saturated rings. The quantitative estimate of drug-likeness (QED) is 0.472. The third kappa shape index (κ3) is 4.05. The van der Waals surface area contributed by atoms with Crippen LogP contribution in [-0.2, 0) is 0 Å². The van der Waals surface area contributed by atoms with Crippen molar-refractivity contribution in [3.63, 3.8) is 0 Å². The summed E-state index contributed by atoms with van der Waals surface area (Å²) in [5.41, 5.74) is 2.86. The van der Waals surface area contributed by atoms with E-state index in [1.54, 1.807) is 10.6 Å². The van der Waals surface area contributed by atoms with E-state index in [2.05, 4.69) is 20.5 Å². The molecule has 9 heteroatoms. The van der Waals surface area contributed by atoms with Crippen molar-refractivity contribution in [2.75, 3.05) is 18.0 Å². The summed E-state index contributed by atoms with van der Waals surface area (Å²) >= 11 is 0. The summed E-state index contributed by atoms with van der Waals surface area (Å²) < 4.78 is 15.4. The molecule has 1 amide bonds. The van der Waals surface area contributed by atoms with Crippen molar-refractivity contribution < 1.29 is 9.18 Å². The van der Waals surface area contributed by atoms with Gasteiger partial charge in [-0.15, -0.1) is 0 Å². The number of alkyl halides is 1. The van der Waals surface area contributed by atoms with Gasteiger partial charge in [0.25, 0.3) is 11.5 Å². The molecule has 0 radical (unpaired) electrons. The molecule has 1 saturated heterocycles. The number of nitrogens with one attached hydrogen (secondary N) is 2. The number of halogens is 1. The number of anilines is 1. The summed E-state index contributed by atoms with van der Waals surface area (Å²) in [6.07, 6.45) is 6.63. The van der Waals surface area contributed by atoms with Crippen molar-refractivity contribution in [2.45, 2.75) is 50.2 Å². The van der Waals surface area contributed by atoms with Crippen LogP contribution in [0.5, 0.6) is 0 Å². The molecule has 2 aliphatic rings. The van der Waals surface area contributed by atoms with Crippen LogP contribution in [0.25, 0.3) is 16.4 Å². The summed E-state index contributed by atoms with van der Waals surface area (Å²) in [7, 11) is 0. The lowest BCUT2D eigenvalue weighted by Gasteiger charge is -2.29. The molecule has 0 spiro atoms. The average molecular weight is 475 g/mol. The predicted molar refractivity (Wildman–Crippen MR) is 132 cm³/mol. The highest BCUT2D eigenvalue weighted by atomic mass is 19.1. The lowest BCUT2D eigenvalue weighted by molar-refractivity contribution is 0.0919. The Kier molecular flexibility index (Phi) is 5.47. The van der Waals surface area contributed by atoms with E-state index in [-0.39, 0.29) is 23.4 Å². The number of rotatable bonds is 4. The van der Waals surface area contributed by atoms with Crippen LogP contribution in [0.2, 0.25) is 0 Å². The van der Waals surface area contributed by atoms with E-state index in [9.17, 15) is 14.0 Å². The largest absolute Gasteiger partial charge is 0.368 e. The second-order valence-electron chi connectivity index (χ2n) is 9.59. The van der Waals surface area contributed by atoms with E-state index >= 15 is 0 Å². The third-order valence-electron chi connectivity index (χ3n) is 7.40. The number of benzene rings is 1. The van der Waals surface area contributed by atoms with Crippen molar-refractivity contribution in [2.24, 2.45) is 0 Å². The van der Waals surface area contributed by atoms with Gasteiger partial charge in [-0.2, -0.15) is 5.10 Å². The summed E-state index contributed by atoms with van der Waals surface area (Å²) in [5.74, 6) is 0.0972. The molecular weight excluding hydrogens is 447 g/mol. The molecule has 1 aliphatic heterocycles. The highest BCUT2D eigenvalue weighted by Gasteiger charge is 2.27. The van der Waals surface area contributed by atoms with Crippen LogP contribution in [0.3, 0.4) is 0 Å². The Morgan fingerprint density at radius 1 is 1.09 bits per heavy atom. The number of aromatic amines is 1. The molecule has 4 aromatic rings. The maximum Gasteiger partial charge on any atom is 0.272 e. The highest BCUT2D eigenvalue weighted by Crippen LogP contribution is 2.34. The average Bonchev–Trinajstić information content (AvgIpc) is 3.51. The van der Waals surface area contributed by atoms with Crippen LogP contribution in [0.15, 0.2) is 53.6 Å². The van der Waals surface area contributed by atoms with Crippen molar-refractivity contribution in [1.29, 1.82) is 0 Å². The summed E-state index contributed by atoms with van der Waals surface area (Å²) in [4.78, 5) is 31.6. The molecule has 8 nitrogen and oxygen atoms in total. The fraction of sp³-hybridized carbons (Fsp3) is 0.385. The van der Waals surface area contributed by atoms with Crippen LogP contribution in [0.1, 0.15) is 54.2 Å². The minimum absolute atomic E-state index is 0.0729. The van der Waals surface area contributed by atoms with E-state index in [0.717, 1.165) is 42.5 Å². The maximum absolute atomic E-state index is 13.6. The predicted octanol–water partition coefficient (Wildman–Crippen LogP) is 3.58. The molecule has 1 aromatic carbocycles. The van der Waals surface area contributed by atoms with E-state index < -0.39 is 6.17 Å². The summed E-state index contributed by atoms with van der Waals surface area (Å²) in [5, 5.41) is 11.7. The summed E-state index contributed by atoms with van der Waals surface area (Å²) in [6, 6.07) is 11.5. The number of hydrogen-bond donors (Lipinski definition) is 2. The van der Waals surface area contributed by atoms with Crippen LogP contribution in [-0.4, -0.2) is 50.8 Å². The summed E-state index contributed by atoms with van der Waals surface area (Å²) in [6.45, 7) is 1.09. The molecule has 6 rings (SSSR count). The van der Waals surface area contributed by atoms with Crippen molar-refractivity contribution in [3.05, 3.63) is 70.5 Å². The van der Waals surface area contributed by atoms with Gasteiger partial charge in [0.1, 0.15) is 17.5 Å². The first-order valence-electron chi connectivity index (χ1n) is 12.2. The minimum Gasteiger partial charge on any atom is -0.368 e. The zero-order valence-corrected chi connectivity index (χ0v) is 19.3. The van der Waals surface area contributed by atoms with Gasteiger partial charge in [-0.1, -0.05) is 18.2 Å². The van der Waals surface area contributed by atoms with Gasteiger partial charge in [-0.25, -0.2) is 14.5 Å². The smallest absolute Gasteiger partial charge is 0.272 e. The number of imidazole rings is 1. The van der Waals surface area contributed by atoms with Gasteiger partial charge in [0, 0.05) is 48.4 Å². The number of fused-ring (bicyclic) bond motifs is 2. The molecule has 35 heavy (non-hydrogen) atoms. The Bertz CT molecular complexity index is 1460. The van der Waals surface area contributed by atoms with Gasteiger partial charge < -0.3 is 10.2 Å². The highest BCUT2D eigenvalue weighted by molar-refractivity contribution is 5.93. The number of amides is 1. The van der Waals surface area contributed by atoms with Gasteiger partial charge >= 0.3 is 0 Å². The first-order valence-corrected chi connectivity index (χ1v) is 12.2. The van der Waals surface area contributed by atoms with Gasteiger partial charge in [-0.05, 0) is 44.2 Å². The maximum atomic E-state index is 13.6. The monoisotopic (exact) mass is 474 g/mol. The molecule has 3 aromatic heterocycles. The third-order valence-corrected chi connectivity index (χ3v) is 7.40. The molecule has 0 unspecified atom stereocenters. The SMILES string of the molecule is O=C(N[C@H]1CC[C@H](c2n[nH]c(=O)c3ccccc32)CC1)c1cnc2cc(N3CC[C@@H](F)C3)ccn12. The number of aromatic nitrogens is 4. The lowest BCUT2D eigenvalue weighted by atomic mass is 9.82. The van der Waals surface area contributed by atoms with E-state index in [1.165, 1.54) is 0 Å². The number of hydrogen-bond acceptors (Lipinski definition) is 5. The number of carbonyl (C=O) groups excluding carboxylic acids is 1. The zero-order chi connectivity index (χ0) is 23.9. The van der Waals surface area contributed by atoms with Crippen LogP contribution >= 0.6 is 0 Å². The topological polar surface area (TPSA) is 95.4 Å². The van der Waals surface area contributed by atoms with Crippen molar-refractivity contribution in [1.82, 2.24) is 24.9 Å². The Morgan fingerprint density at radius 2 is 1.89 bits per heavy atom. The number of H-pyrrole nitrogens is 1. The normalized spacial score (nSPS) is 22.7. The van der Waals surface area contributed by atoms with Crippen LogP contribution in [0, 0.1) is 0 Å². The van der Waals surface area contributed by atoms with Crippen molar-refractivity contribution >= 4 is 28.0 Å². The Balaban J connectivity index is 1.13. The molecule has 1 saturated carbocycles. The van der Waals surface area contributed by atoms with Gasteiger partial charge in [-0.3, -0.25) is 14.0 Å². The minimum atomic E-state index is -0.791.